The summed E-state index contributed by atoms with van der Waals surface area (Å²) in [6.45, 7) is 7.40. The molecule has 0 aliphatic rings. The van der Waals surface area contributed by atoms with Crippen molar-refractivity contribution in [2.45, 2.75) is 26.4 Å². The fraction of sp³-hybridized carbons (Fsp3) is 0.786. The van der Waals surface area contributed by atoms with Crippen LogP contribution in [0.25, 0.3) is 0 Å². The Balaban J connectivity index is 2.27. The first-order valence-corrected chi connectivity index (χ1v) is 7.07. The number of aryl methyl sites for hydroxylation is 1. The number of ether oxygens (including phenoxy) is 3. The summed E-state index contributed by atoms with van der Waals surface area (Å²) in [6, 6.07) is 0. The molecular formula is C14H27N3O3. The number of nitrogens with zero attached hydrogens (tertiary/aromatic N) is 2. The third-order valence-corrected chi connectivity index (χ3v) is 3.03. The lowest BCUT2D eigenvalue weighted by molar-refractivity contribution is 0.0679. The molecule has 0 bridgehead atoms. The Labute approximate surface area is 121 Å². The first-order chi connectivity index (χ1) is 9.79. The van der Waals surface area contributed by atoms with Crippen LogP contribution in [-0.2, 0) is 27.3 Å². The summed E-state index contributed by atoms with van der Waals surface area (Å²) >= 11 is 0. The number of hydrogen-bond acceptors (Lipinski definition) is 5. The van der Waals surface area contributed by atoms with Crippen molar-refractivity contribution in [3.63, 3.8) is 0 Å². The van der Waals surface area contributed by atoms with Gasteiger partial charge in [0.05, 0.1) is 25.5 Å². The topological polar surface area (TPSA) is 57.5 Å². The molecule has 0 fully saturated rings. The number of imidazole rings is 1. The van der Waals surface area contributed by atoms with Gasteiger partial charge in [-0.25, -0.2) is 4.98 Å². The summed E-state index contributed by atoms with van der Waals surface area (Å²) in [4.78, 5) is 4.37. The highest BCUT2D eigenvalue weighted by atomic mass is 16.5. The fourth-order valence-electron chi connectivity index (χ4n) is 1.92. The molecule has 116 valence electrons. The standard InChI is InChI=1S/C14H27N3O3/c1-13-16-12-14(11-15-5-8-18-2)17(13)6-4-7-20-10-9-19-3/h12,15H,4-11H2,1-3H3. The molecule has 1 N–H and O–H groups in total. The van der Waals surface area contributed by atoms with Gasteiger partial charge in [-0.2, -0.15) is 0 Å². The van der Waals surface area contributed by atoms with E-state index < -0.39 is 0 Å². The van der Waals surface area contributed by atoms with Crippen LogP contribution >= 0.6 is 0 Å². The number of methoxy groups -OCH3 is 2. The van der Waals surface area contributed by atoms with Crippen molar-refractivity contribution in [2.24, 2.45) is 0 Å². The van der Waals surface area contributed by atoms with E-state index >= 15 is 0 Å². The number of nitrogens with one attached hydrogen (secondary N) is 1. The molecule has 0 saturated carbocycles. The largest absolute Gasteiger partial charge is 0.383 e. The van der Waals surface area contributed by atoms with Crippen LogP contribution in [0.4, 0.5) is 0 Å². The zero-order chi connectivity index (χ0) is 14.6. The predicted octanol–water partition coefficient (Wildman–Crippen LogP) is 0.981. The number of hydrogen-bond donors (Lipinski definition) is 1. The van der Waals surface area contributed by atoms with Crippen molar-refractivity contribution in [3.8, 4) is 0 Å². The lowest BCUT2D eigenvalue weighted by Crippen LogP contribution is -2.21. The van der Waals surface area contributed by atoms with Crippen LogP contribution in [0.5, 0.6) is 0 Å². The van der Waals surface area contributed by atoms with E-state index in [9.17, 15) is 0 Å². The van der Waals surface area contributed by atoms with E-state index in [0.29, 0.717) is 13.2 Å². The smallest absolute Gasteiger partial charge is 0.105 e. The van der Waals surface area contributed by atoms with Gasteiger partial charge in [-0.15, -0.1) is 0 Å². The van der Waals surface area contributed by atoms with Gasteiger partial charge in [0.15, 0.2) is 0 Å². The van der Waals surface area contributed by atoms with Crippen LogP contribution in [0.2, 0.25) is 0 Å². The number of rotatable bonds is 12. The first-order valence-electron chi connectivity index (χ1n) is 7.07. The highest BCUT2D eigenvalue weighted by molar-refractivity contribution is 5.04. The van der Waals surface area contributed by atoms with Crippen LogP contribution in [-0.4, -0.2) is 56.7 Å². The molecule has 0 saturated heterocycles. The molecule has 1 rings (SSSR count). The van der Waals surface area contributed by atoms with Gasteiger partial charge in [-0.3, -0.25) is 0 Å². The molecule has 0 aliphatic heterocycles. The second-order valence-corrected chi connectivity index (χ2v) is 4.58. The van der Waals surface area contributed by atoms with Crippen molar-refractivity contribution in [3.05, 3.63) is 17.7 Å². The zero-order valence-electron chi connectivity index (χ0n) is 12.9. The molecule has 0 radical (unpaired) electrons. The Bertz CT molecular complexity index is 355. The first kappa shape index (κ1) is 17.1. The average molecular weight is 285 g/mol. The maximum absolute atomic E-state index is 5.47. The monoisotopic (exact) mass is 285 g/mol. The van der Waals surface area contributed by atoms with Crippen LogP contribution in [0.15, 0.2) is 6.20 Å². The van der Waals surface area contributed by atoms with Gasteiger partial charge in [0, 0.05) is 46.7 Å². The van der Waals surface area contributed by atoms with Gasteiger partial charge in [-0.1, -0.05) is 0 Å². The summed E-state index contributed by atoms with van der Waals surface area (Å²) in [5.41, 5.74) is 1.20. The van der Waals surface area contributed by atoms with Crippen molar-refractivity contribution in [2.75, 3.05) is 47.2 Å². The SMILES string of the molecule is COCCNCc1cnc(C)n1CCCOCCOC. The lowest BCUT2D eigenvalue weighted by atomic mass is 10.4. The Hall–Kier alpha value is -0.950. The molecule has 0 unspecified atom stereocenters. The van der Waals surface area contributed by atoms with E-state index in [1.54, 1.807) is 14.2 Å². The van der Waals surface area contributed by atoms with Gasteiger partial charge in [0.2, 0.25) is 0 Å². The lowest BCUT2D eigenvalue weighted by Gasteiger charge is -2.11. The Morgan fingerprint density at radius 2 is 1.95 bits per heavy atom. The maximum Gasteiger partial charge on any atom is 0.105 e. The zero-order valence-corrected chi connectivity index (χ0v) is 12.9. The summed E-state index contributed by atoms with van der Waals surface area (Å²) in [6.07, 6.45) is 2.91. The molecular weight excluding hydrogens is 258 g/mol. The molecule has 0 amide bonds. The van der Waals surface area contributed by atoms with E-state index in [0.717, 1.165) is 45.1 Å². The Morgan fingerprint density at radius 3 is 2.70 bits per heavy atom. The van der Waals surface area contributed by atoms with Crippen LogP contribution in [0.3, 0.4) is 0 Å². The molecule has 0 atom stereocenters. The van der Waals surface area contributed by atoms with Crippen LogP contribution < -0.4 is 5.32 Å². The second-order valence-electron chi connectivity index (χ2n) is 4.58. The molecule has 1 heterocycles. The number of aromatic nitrogens is 2. The van der Waals surface area contributed by atoms with E-state index in [1.165, 1.54) is 5.69 Å². The Morgan fingerprint density at radius 1 is 1.15 bits per heavy atom. The Kier molecular flexibility index (Phi) is 9.23. The van der Waals surface area contributed by atoms with Gasteiger partial charge in [0.25, 0.3) is 0 Å². The second kappa shape index (κ2) is 10.8. The molecule has 6 nitrogen and oxygen atoms in total. The van der Waals surface area contributed by atoms with E-state index in [-0.39, 0.29) is 0 Å². The minimum atomic E-state index is 0.652. The summed E-state index contributed by atoms with van der Waals surface area (Å²) in [5, 5.41) is 3.34. The summed E-state index contributed by atoms with van der Waals surface area (Å²) < 4.78 is 17.7. The van der Waals surface area contributed by atoms with Gasteiger partial charge in [-0.05, 0) is 13.3 Å². The van der Waals surface area contributed by atoms with Gasteiger partial charge >= 0.3 is 0 Å². The van der Waals surface area contributed by atoms with E-state index in [2.05, 4.69) is 14.9 Å². The fourth-order valence-corrected chi connectivity index (χ4v) is 1.92. The van der Waals surface area contributed by atoms with E-state index in [4.69, 9.17) is 14.2 Å². The van der Waals surface area contributed by atoms with Crippen molar-refractivity contribution >= 4 is 0 Å². The van der Waals surface area contributed by atoms with Crippen molar-refractivity contribution in [1.82, 2.24) is 14.9 Å². The minimum Gasteiger partial charge on any atom is -0.383 e. The molecule has 0 aromatic carbocycles. The predicted molar refractivity (Wildman–Crippen MR) is 77.9 cm³/mol. The highest BCUT2D eigenvalue weighted by Gasteiger charge is 2.05. The van der Waals surface area contributed by atoms with Crippen molar-refractivity contribution in [1.29, 1.82) is 0 Å². The molecule has 1 aromatic heterocycles. The maximum atomic E-state index is 5.47. The van der Waals surface area contributed by atoms with Crippen LogP contribution in [0.1, 0.15) is 17.9 Å². The quantitative estimate of drug-likeness (QED) is 0.580. The molecule has 20 heavy (non-hydrogen) atoms. The average Bonchev–Trinajstić information content (AvgIpc) is 2.80. The van der Waals surface area contributed by atoms with Crippen LogP contribution in [0, 0.1) is 6.92 Å². The molecule has 0 aliphatic carbocycles. The normalized spacial score (nSPS) is 11.2. The molecule has 1 aromatic rings. The summed E-state index contributed by atoms with van der Waals surface area (Å²) in [5.74, 6) is 1.05. The molecule has 6 heteroatoms. The van der Waals surface area contributed by atoms with Crippen molar-refractivity contribution < 1.29 is 14.2 Å². The van der Waals surface area contributed by atoms with Gasteiger partial charge in [0.1, 0.15) is 5.82 Å². The molecule has 0 spiro atoms. The third kappa shape index (κ3) is 6.47. The van der Waals surface area contributed by atoms with Gasteiger partial charge < -0.3 is 24.1 Å². The third-order valence-electron chi connectivity index (χ3n) is 3.03. The summed E-state index contributed by atoms with van der Waals surface area (Å²) in [7, 11) is 3.39. The highest BCUT2D eigenvalue weighted by Crippen LogP contribution is 2.06. The van der Waals surface area contributed by atoms with E-state index in [1.807, 2.05) is 13.1 Å². The minimum absolute atomic E-state index is 0.652.